The van der Waals surface area contributed by atoms with Gasteiger partial charge >= 0.3 is 0 Å². The lowest BCUT2D eigenvalue weighted by molar-refractivity contribution is 0.569. The average Bonchev–Trinajstić information content (AvgIpc) is 2.34. The molecular weight excluding hydrogens is 220 g/mol. The van der Waals surface area contributed by atoms with E-state index >= 15 is 0 Å². The van der Waals surface area contributed by atoms with Gasteiger partial charge in [0.2, 0.25) is 0 Å². The van der Waals surface area contributed by atoms with Crippen LogP contribution in [0.2, 0.25) is 5.02 Å². The molecule has 0 aliphatic rings. The highest BCUT2D eigenvalue weighted by molar-refractivity contribution is 6.30. The highest BCUT2D eigenvalue weighted by Gasteiger charge is 2.04. The van der Waals surface area contributed by atoms with Crippen LogP contribution in [-0.2, 0) is 4.79 Å². The van der Waals surface area contributed by atoms with E-state index in [0.717, 1.165) is 11.1 Å². The fourth-order valence-corrected chi connectivity index (χ4v) is 1.63. The van der Waals surface area contributed by atoms with Gasteiger partial charge in [-0.2, -0.15) is 0 Å². The number of carbonyl (C=O) groups excluding carboxylic acids is 1. The second-order valence-electron chi connectivity index (χ2n) is 3.35. The summed E-state index contributed by atoms with van der Waals surface area (Å²) in [6.07, 6.45) is 0. The zero-order valence-corrected chi connectivity index (χ0v) is 9.24. The molecule has 2 heteroatoms. The van der Waals surface area contributed by atoms with E-state index in [2.05, 4.69) is 0 Å². The second-order valence-corrected chi connectivity index (χ2v) is 3.79. The predicted octanol–water partition coefficient (Wildman–Crippen LogP) is 3.60. The van der Waals surface area contributed by atoms with Crippen LogP contribution >= 0.6 is 11.6 Å². The van der Waals surface area contributed by atoms with E-state index in [4.69, 9.17) is 11.6 Å². The normalized spacial score (nSPS) is 9.56. The quantitative estimate of drug-likeness (QED) is 0.718. The van der Waals surface area contributed by atoms with Crippen LogP contribution in [0.4, 0.5) is 0 Å². The molecule has 1 nitrogen and oxygen atoms in total. The van der Waals surface area contributed by atoms with Gasteiger partial charge in [0.05, 0.1) is 5.57 Å². The molecule has 0 aromatic heterocycles. The molecule has 0 N–H and O–H groups in total. The first-order valence-electron chi connectivity index (χ1n) is 4.88. The molecule has 0 atom stereocenters. The Morgan fingerprint density at radius 1 is 0.875 bits per heavy atom. The summed E-state index contributed by atoms with van der Waals surface area (Å²) < 4.78 is 0. The highest BCUT2D eigenvalue weighted by atomic mass is 35.5. The van der Waals surface area contributed by atoms with Crippen molar-refractivity contribution in [3.8, 4) is 0 Å². The Hall–Kier alpha value is -1.82. The first-order chi connectivity index (χ1) is 7.81. The zero-order valence-electron chi connectivity index (χ0n) is 8.48. The van der Waals surface area contributed by atoms with Crippen LogP contribution < -0.4 is 0 Å². The molecule has 0 unspecified atom stereocenters. The topological polar surface area (TPSA) is 17.1 Å². The lowest BCUT2D eigenvalue weighted by Crippen LogP contribution is -1.87. The van der Waals surface area contributed by atoms with Crippen LogP contribution in [0.5, 0.6) is 0 Å². The smallest absolute Gasteiger partial charge is 0.133 e. The molecule has 0 heterocycles. The van der Waals surface area contributed by atoms with Crippen LogP contribution in [0, 0.1) is 0 Å². The van der Waals surface area contributed by atoms with Crippen molar-refractivity contribution in [1.82, 2.24) is 0 Å². The Kier molecular flexibility index (Phi) is 3.21. The minimum Gasteiger partial charge on any atom is -0.233 e. The van der Waals surface area contributed by atoms with Gasteiger partial charge in [-0.05, 0) is 23.3 Å². The molecular formula is C14H9ClO. The van der Waals surface area contributed by atoms with E-state index < -0.39 is 0 Å². The van der Waals surface area contributed by atoms with Crippen molar-refractivity contribution in [1.29, 1.82) is 0 Å². The van der Waals surface area contributed by atoms with Crippen molar-refractivity contribution in [3.63, 3.8) is 0 Å². The van der Waals surface area contributed by atoms with Gasteiger partial charge in [-0.25, -0.2) is 4.79 Å². The fourth-order valence-electron chi connectivity index (χ4n) is 1.51. The molecule has 0 saturated heterocycles. The molecule has 2 aromatic carbocycles. The number of halogens is 1. The molecule has 0 bridgehead atoms. The third kappa shape index (κ3) is 2.22. The maximum atomic E-state index is 11.0. The number of hydrogen-bond acceptors (Lipinski definition) is 1. The minimum atomic E-state index is 0.553. The third-order valence-corrected chi connectivity index (χ3v) is 2.55. The summed E-state index contributed by atoms with van der Waals surface area (Å²) in [7, 11) is 0. The van der Waals surface area contributed by atoms with Gasteiger partial charge in [-0.3, -0.25) is 0 Å². The maximum Gasteiger partial charge on any atom is 0.133 e. The lowest BCUT2D eigenvalue weighted by Gasteiger charge is -2.03. The molecule has 0 spiro atoms. The van der Waals surface area contributed by atoms with Crippen LogP contribution in [0.15, 0.2) is 54.6 Å². The van der Waals surface area contributed by atoms with E-state index in [-0.39, 0.29) is 0 Å². The van der Waals surface area contributed by atoms with Gasteiger partial charge in [-0.1, -0.05) is 54.1 Å². The first-order valence-corrected chi connectivity index (χ1v) is 5.25. The molecule has 16 heavy (non-hydrogen) atoms. The summed E-state index contributed by atoms with van der Waals surface area (Å²) in [4.78, 5) is 11.0. The Labute approximate surface area is 99.0 Å². The van der Waals surface area contributed by atoms with Gasteiger partial charge in [0.1, 0.15) is 5.94 Å². The number of hydrogen-bond donors (Lipinski definition) is 0. The summed E-state index contributed by atoms with van der Waals surface area (Å²) in [6.45, 7) is 0. The van der Waals surface area contributed by atoms with Crippen molar-refractivity contribution >= 4 is 23.1 Å². The number of benzene rings is 2. The standard InChI is InChI=1S/C14H9ClO/c15-13-8-6-12(7-9-13)14(10-16)11-4-2-1-3-5-11/h1-9H. The average molecular weight is 229 g/mol. The van der Waals surface area contributed by atoms with E-state index in [0.29, 0.717) is 10.6 Å². The molecule has 0 fully saturated rings. The van der Waals surface area contributed by atoms with E-state index in [1.807, 2.05) is 48.4 Å². The Bertz CT molecular complexity index is 522. The van der Waals surface area contributed by atoms with E-state index in [1.54, 1.807) is 12.1 Å². The summed E-state index contributed by atoms with van der Waals surface area (Å²) in [5, 5.41) is 0.655. The molecule has 2 rings (SSSR count). The van der Waals surface area contributed by atoms with Crippen molar-refractivity contribution in [3.05, 3.63) is 70.7 Å². The zero-order chi connectivity index (χ0) is 11.4. The summed E-state index contributed by atoms with van der Waals surface area (Å²) in [5.41, 5.74) is 2.24. The third-order valence-electron chi connectivity index (χ3n) is 2.30. The highest BCUT2D eigenvalue weighted by Crippen LogP contribution is 2.21. The van der Waals surface area contributed by atoms with Crippen molar-refractivity contribution in [2.24, 2.45) is 0 Å². The van der Waals surface area contributed by atoms with Crippen LogP contribution in [0.1, 0.15) is 11.1 Å². The SMILES string of the molecule is O=C=C(c1ccccc1)c1ccc(Cl)cc1. The van der Waals surface area contributed by atoms with Gasteiger partial charge in [0.25, 0.3) is 0 Å². The molecule has 0 aliphatic carbocycles. The van der Waals surface area contributed by atoms with E-state index in [9.17, 15) is 4.79 Å². The van der Waals surface area contributed by atoms with Gasteiger partial charge < -0.3 is 0 Å². The van der Waals surface area contributed by atoms with Crippen molar-refractivity contribution in [2.75, 3.05) is 0 Å². The summed E-state index contributed by atoms with van der Waals surface area (Å²) in [6, 6.07) is 16.6. The van der Waals surface area contributed by atoms with Crippen LogP contribution in [-0.4, -0.2) is 5.94 Å². The summed E-state index contributed by atoms with van der Waals surface area (Å²) in [5.74, 6) is 1.98. The first kappa shape index (κ1) is 10.7. The van der Waals surface area contributed by atoms with Crippen LogP contribution in [0.25, 0.3) is 5.57 Å². The fraction of sp³-hybridized carbons (Fsp3) is 0. The largest absolute Gasteiger partial charge is 0.233 e. The minimum absolute atomic E-state index is 0.553. The maximum absolute atomic E-state index is 11.0. The van der Waals surface area contributed by atoms with Crippen molar-refractivity contribution < 1.29 is 4.79 Å². The van der Waals surface area contributed by atoms with Gasteiger partial charge in [0, 0.05) is 5.02 Å². The second kappa shape index (κ2) is 4.80. The predicted molar refractivity (Wildman–Crippen MR) is 66.1 cm³/mol. The molecule has 78 valence electrons. The molecule has 2 aromatic rings. The monoisotopic (exact) mass is 228 g/mol. The Balaban J connectivity index is 2.46. The van der Waals surface area contributed by atoms with Gasteiger partial charge in [-0.15, -0.1) is 0 Å². The molecule has 0 radical (unpaired) electrons. The van der Waals surface area contributed by atoms with Gasteiger partial charge in [0.15, 0.2) is 0 Å². The Morgan fingerprint density at radius 3 is 2.00 bits per heavy atom. The van der Waals surface area contributed by atoms with Crippen molar-refractivity contribution in [2.45, 2.75) is 0 Å². The van der Waals surface area contributed by atoms with E-state index in [1.165, 1.54) is 0 Å². The Morgan fingerprint density at radius 2 is 1.44 bits per heavy atom. The number of rotatable bonds is 2. The molecule has 0 saturated carbocycles. The molecule has 0 aliphatic heterocycles. The van der Waals surface area contributed by atoms with Crippen LogP contribution in [0.3, 0.4) is 0 Å². The lowest BCUT2D eigenvalue weighted by atomic mass is 10.00. The summed E-state index contributed by atoms with van der Waals surface area (Å²) >= 11 is 5.80. The molecule has 0 amide bonds.